The monoisotopic (exact) mass is 388 g/mol. The average Bonchev–Trinajstić information content (AvgIpc) is 3.17. The number of nitrogens with two attached hydrogens (primary N) is 1. The zero-order valence-electron chi connectivity index (χ0n) is 16.0. The number of rotatable bonds is 4. The van der Waals surface area contributed by atoms with Crippen LogP contribution in [0.25, 0.3) is 22.4 Å². The highest BCUT2D eigenvalue weighted by molar-refractivity contribution is 5.79. The van der Waals surface area contributed by atoms with Crippen molar-refractivity contribution in [1.82, 2.24) is 15.0 Å². The zero-order valence-corrected chi connectivity index (χ0v) is 16.0. The Morgan fingerprint density at radius 1 is 1.14 bits per heavy atom. The lowest BCUT2D eigenvalue weighted by molar-refractivity contribution is 0.242. The molecular weight excluding hydrogens is 368 g/mol. The Morgan fingerprint density at radius 3 is 2.93 bits per heavy atom. The van der Waals surface area contributed by atoms with Gasteiger partial charge in [-0.25, -0.2) is 15.0 Å². The number of aromatic nitrogens is 3. The van der Waals surface area contributed by atoms with Crippen LogP contribution >= 0.6 is 0 Å². The van der Waals surface area contributed by atoms with Crippen LogP contribution in [-0.2, 0) is 6.42 Å². The number of nitrogen functional groups attached to an aromatic ring is 1. The van der Waals surface area contributed by atoms with Gasteiger partial charge in [0.25, 0.3) is 0 Å². The van der Waals surface area contributed by atoms with Crippen LogP contribution in [0.1, 0.15) is 24.3 Å². The molecule has 4 aromatic rings. The van der Waals surface area contributed by atoms with Crippen molar-refractivity contribution in [2.24, 2.45) is 0 Å². The second-order valence-corrected chi connectivity index (χ2v) is 6.95. The molecule has 7 heteroatoms. The van der Waals surface area contributed by atoms with E-state index in [-0.39, 0.29) is 11.9 Å². The van der Waals surface area contributed by atoms with Gasteiger partial charge in [-0.15, -0.1) is 0 Å². The summed E-state index contributed by atoms with van der Waals surface area (Å²) in [5.74, 6) is 2.70. The maximum Gasteiger partial charge on any atom is 0.220 e. The number of fused-ring (bicyclic) bond motifs is 2. The Hall–Kier alpha value is -3.61. The SMILES string of the molecule is CCOc1ccc2c(c1)CC(c1nc3ccc(-c4ccnc(N)n4)cc3o1)CO2. The van der Waals surface area contributed by atoms with E-state index in [1.165, 1.54) is 0 Å². The van der Waals surface area contributed by atoms with Gasteiger partial charge in [0, 0.05) is 11.8 Å². The van der Waals surface area contributed by atoms with Crippen LogP contribution in [-0.4, -0.2) is 28.2 Å². The molecular formula is C22H20N4O3. The van der Waals surface area contributed by atoms with E-state index in [0.29, 0.717) is 24.7 Å². The lowest BCUT2D eigenvalue weighted by Crippen LogP contribution is -2.19. The van der Waals surface area contributed by atoms with E-state index in [1.54, 1.807) is 6.20 Å². The lowest BCUT2D eigenvalue weighted by atomic mass is 9.96. The summed E-state index contributed by atoms with van der Waals surface area (Å²) in [5, 5.41) is 0. The highest BCUT2D eigenvalue weighted by Gasteiger charge is 2.26. The van der Waals surface area contributed by atoms with Crippen molar-refractivity contribution in [2.75, 3.05) is 18.9 Å². The fourth-order valence-electron chi connectivity index (χ4n) is 3.60. The summed E-state index contributed by atoms with van der Waals surface area (Å²) in [5.41, 5.74) is 9.97. The molecule has 0 fully saturated rings. The lowest BCUT2D eigenvalue weighted by Gasteiger charge is -2.23. The Bertz CT molecular complexity index is 1190. The van der Waals surface area contributed by atoms with Crippen LogP contribution in [0.3, 0.4) is 0 Å². The van der Waals surface area contributed by atoms with E-state index >= 15 is 0 Å². The van der Waals surface area contributed by atoms with Crippen LogP contribution in [0.4, 0.5) is 5.95 Å². The van der Waals surface area contributed by atoms with Gasteiger partial charge in [-0.1, -0.05) is 6.07 Å². The predicted molar refractivity (Wildman–Crippen MR) is 109 cm³/mol. The first-order valence-electron chi connectivity index (χ1n) is 9.57. The molecule has 1 unspecified atom stereocenters. The summed E-state index contributed by atoms with van der Waals surface area (Å²) in [7, 11) is 0. The normalized spacial score (nSPS) is 15.7. The third-order valence-corrected chi connectivity index (χ3v) is 4.97. The van der Waals surface area contributed by atoms with Gasteiger partial charge in [-0.05, 0) is 55.3 Å². The molecule has 0 radical (unpaired) electrons. The molecule has 7 nitrogen and oxygen atoms in total. The molecule has 146 valence electrons. The number of nitrogens with zero attached hydrogens (tertiary/aromatic N) is 3. The summed E-state index contributed by atoms with van der Waals surface area (Å²) in [4.78, 5) is 12.9. The van der Waals surface area contributed by atoms with Gasteiger partial charge in [-0.2, -0.15) is 0 Å². The fraction of sp³-hybridized carbons (Fsp3) is 0.227. The summed E-state index contributed by atoms with van der Waals surface area (Å²) >= 11 is 0. The third-order valence-electron chi connectivity index (χ3n) is 4.97. The first kappa shape index (κ1) is 17.5. The standard InChI is InChI=1S/C22H20N4O3/c1-2-27-16-4-6-19-14(10-16)9-15(12-28-19)21-25-18-5-3-13(11-20(18)29-21)17-7-8-24-22(23)26-17/h3-8,10-11,15H,2,9,12H2,1H3,(H2,23,24,26). The van der Waals surface area contributed by atoms with E-state index in [2.05, 4.69) is 15.0 Å². The molecule has 0 saturated heterocycles. The van der Waals surface area contributed by atoms with Crippen molar-refractivity contribution in [3.05, 3.63) is 60.1 Å². The molecule has 3 heterocycles. The second-order valence-electron chi connectivity index (χ2n) is 6.95. The highest BCUT2D eigenvalue weighted by Crippen LogP contribution is 2.35. The van der Waals surface area contributed by atoms with Crippen molar-refractivity contribution in [1.29, 1.82) is 0 Å². The average molecular weight is 388 g/mol. The van der Waals surface area contributed by atoms with Crippen LogP contribution in [0.15, 0.2) is 53.1 Å². The zero-order chi connectivity index (χ0) is 19.8. The molecule has 1 aliphatic heterocycles. The predicted octanol–water partition coefficient (Wildman–Crippen LogP) is 3.98. The number of oxazole rings is 1. The van der Waals surface area contributed by atoms with Gasteiger partial charge in [0.1, 0.15) is 23.6 Å². The Morgan fingerprint density at radius 2 is 2.07 bits per heavy atom. The van der Waals surface area contributed by atoms with Gasteiger partial charge in [0.2, 0.25) is 11.8 Å². The fourth-order valence-corrected chi connectivity index (χ4v) is 3.60. The molecule has 0 saturated carbocycles. The van der Waals surface area contributed by atoms with E-state index < -0.39 is 0 Å². The topological polar surface area (TPSA) is 96.3 Å². The third kappa shape index (κ3) is 3.35. The molecule has 2 aromatic heterocycles. The molecule has 0 bridgehead atoms. The van der Waals surface area contributed by atoms with Gasteiger partial charge in [0.05, 0.1) is 18.2 Å². The largest absolute Gasteiger partial charge is 0.494 e. The molecule has 29 heavy (non-hydrogen) atoms. The molecule has 2 N–H and O–H groups in total. The number of ether oxygens (including phenoxy) is 2. The Balaban J connectivity index is 1.44. The first-order chi connectivity index (χ1) is 14.2. The van der Waals surface area contributed by atoms with E-state index in [4.69, 9.17) is 19.6 Å². The van der Waals surface area contributed by atoms with Crippen molar-refractivity contribution >= 4 is 17.0 Å². The molecule has 0 spiro atoms. The van der Waals surface area contributed by atoms with Gasteiger partial charge >= 0.3 is 0 Å². The van der Waals surface area contributed by atoms with Crippen molar-refractivity contribution < 1.29 is 13.9 Å². The highest BCUT2D eigenvalue weighted by atomic mass is 16.5. The van der Waals surface area contributed by atoms with Crippen molar-refractivity contribution in [3.63, 3.8) is 0 Å². The number of hydrogen-bond acceptors (Lipinski definition) is 7. The molecule has 1 aliphatic rings. The van der Waals surface area contributed by atoms with Crippen LogP contribution in [0.2, 0.25) is 0 Å². The summed E-state index contributed by atoms with van der Waals surface area (Å²) in [6.07, 6.45) is 2.43. The molecule has 1 atom stereocenters. The summed E-state index contributed by atoms with van der Waals surface area (Å²) < 4.78 is 17.6. The maximum absolute atomic E-state index is 6.10. The van der Waals surface area contributed by atoms with Crippen LogP contribution in [0.5, 0.6) is 11.5 Å². The quantitative estimate of drug-likeness (QED) is 0.565. The van der Waals surface area contributed by atoms with E-state index in [0.717, 1.165) is 40.3 Å². The minimum Gasteiger partial charge on any atom is -0.494 e. The summed E-state index contributed by atoms with van der Waals surface area (Å²) in [6, 6.07) is 13.6. The first-order valence-corrected chi connectivity index (χ1v) is 9.57. The number of hydrogen-bond donors (Lipinski definition) is 1. The number of anilines is 1. The molecule has 0 amide bonds. The smallest absolute Gasteiger partial charge is 0.220 e. The summed E-state index contributed by atoms with van der Waals surface area (Å²) in [6.45, 7) is 3.14. The van der Waals surface area contributed by atoms with E-state index in [9.17, 15) is 0 Å². The maximum atomic E-state index is 6.10. The minimum atomic E-state index is 0.0462. The molecule has 2 aromatic carbocycles. The second kappa shape index (κ2) is 7.09. The van der Waals surface area contributed by atoms with E-state index in [1.807, 2.05) is 49.4 Å². The molecule has 0 aliphatic carbocycles. The van der Waals surface area contributed by atoms with Crippen molar-refractivity contribution in [2.45, 2.75) is 19.3 Å². The van der Waals surface area contributed by atoms with Gasteiger partial charge in [0.15, 0.2) is 5.58 Å². The molecule has 5 rings (SSSR count). The van der Waals surface area contributed by atoms with Crippen LogP contribution < -0.4 is 15.2 Å². The van der Waals surface area contributed by atoms with Gasteiger partial charge in [-0.3, -0.25) is 0 Å². The Kier molecular flexibility index (Phi) is 4.27. The van der Waals surface area contributed by atoms with Crippen molar-refractivity contribution in [3.8, 4) is 22.8 Å². The number of benzene rings is 2. The van der Waals surface area contributed by atoms with Crippen LogP contribution in [0, 0.1) is 0 Å². The minimum absolute atomic E-state index is 0.0462. The van der Waals surface area contributed by atoms with Gasteiger partial charge < -0.3 is 19.6 Å². The Labute approximate surface area is 167 Å².